The summed E-state index contributed by atoms with van der Waals surface area (Å²) in [6, 6.07) is 18.0. The molecule has 0 fully saturated rings. The van der Waals surface area contributed by atoms with Crippen LogP contribution in [0.1, 0.15) is 30.4 Å². The number of thioether (sulfide) groups is 1. The van der Waals surface area contributed by atoms with Crippen molar-refractivity contribution in [3.05, 3.63) is 82.0 Å². The third-order valence-corrected chi connectivity index (χ3v) is 6.14. The number of benzene rings is 2. The van der Waals surface area contributed by atoms with Gasteiger partial charge in [-0.15, -0.1) is 23.1 Å². The van der Waals surface area contributed by atoms with Crippen molar-refractivity contribution in [2.75, 3.05) is 17.6 Å². The molecule has 2 aromatic carbocycles. The summed E-state index contributed by atoms with van der Waals surface area (Å²) < 4.78 is 0. The number of thiophene rings is 1. The van der Waals surface area contributed by atoms with E-state index in [2.05, 4.69) is 5.32 Å². The first-order valence-corrected chi connectivity index (χ1v) is 10.5. The molecule has 0 spiro atoms. The fraction of sp³-hybridized carbons (Fsp3) is 0.0952. The highest BCUT2D eigenvalue weighted by Crippen LogP contribution is 2.26. The SMILES string of the molecule is O=C(Nc1cccc(SCCN2C(=O)c3ccccc3C2=O)c1)c1cccs1. The predicted molar refractivity (Wildman–Crippen MR) is 111 cm³/mol. The van der Waals surface area contributed by atoms with Crippen LogP contribution < -0.4 is 5.32 Å². The zero-order valence-corrected chi connectivity index (χ0v) is 16.4. The smallest absolute Gasteiger partial charge is 0.265 e. The molecule has 5 nitrogen and oxygen atoms in total. The van der Waals surface area contributed by atoms with Gasteiger partial charge in [0.25, 0.3) is 17.7 Å². The van der Waals surface area contributed by atoms with Gasteiger partial charge in [-0.2, -0.15) is 0 Å². The summed E-state index contributed by atoms with van der Waals surface area (Å²) in [6.07, 6.45) is 0. The van der Waals surface area contributed by atoms with E-state index in [0.29, 0.717) is 34.0 Å². The molecule has 0 atom stereocenters. The van der Waals surface area contributed by atoms with Crippen molar-refractivity contribution < 1.29 is 14.4 Å². The Hall–Kier alpha value is -2.90. The highest BCUT2D eigenvalue weighted by atomic mass is 32.2. The molecule has 1 aliphatic rings. The van der Waals surface area contributed by atoms with Crippen molar-refractivity contribution >= 4 is 46.5 Å². The molecule has 0 unspecified atom stereocenters. The van der Waals surface area contributed by atoms with Gasteiger partial charge in [-0.05, 0) is 41.8 Å². The summed E-state index contributed by atoms with van der Waals surface area (Å²) in [5.41, 5.74) is 1.65. The summed E-state index contributed by atoms with van der Waals surface area (Å²) >= 11 is 2.93. The van der Waals surface area contributed by atoms with E-state index >= 15 is 0 Å². The minimum atomic E-state index is -0.238. The first kappa shape index (κ1) is 18.5. The standard InChI is InChI=1S/C21H16N2O3S2/c24-19(18-9-4-11-28-18)22-14-5-3-6-15(13-14)27-12-10-23-20(25)16-7-1-2-8-17(16)21(23)26/h1-9,11,13H,10,12H2,(H,22,24). The maximum atomic E-state index is 12.4. The van der Waals surface area contributed by atoms with Crippen molar-refractivity contribution in [2.45, 2.75) is 4.90 Å². The summed E-state index contributed by atoms with van der Waals surface area (Å²) in [4.78, 5) is 39.8. The second-order valence-electron chi connectivity index (χ2n) is 6.12. The van der Waals surface area contributed by atoms with Gasteiger partial charge in [0.2, 0.25) is 0 Å². The molecule has 0 saturated carbocycles. The van der Waals surface area contributed by atoms with E-state index in [4.69, 9.17) is 0 Å². The van der Waals surface area contributed by atoms with Gasteiger partial charge >= 0.3 is 0 Å². The van der Waals surface area contributed by atoms with E-state index in [1.807, 2.05) is 35.7 Å². The fourth-order valence-electron chi connectivity index (χ4n) is 2.96. The molecule has 1 N–H and O–H groups in total. The molecule has 7 heteroatoms. The Balaban J connectivity index is 1.35. The second kappa shape index (κ2) is 8.00. The summed E-state index contributed by atoms with van der Waals surface area (Å²) in [5, 5.41) is 4.74. The van der Waals surface area contributed by atoms with Gasteiger partial charge in [-0.1, -0.05) is 24.3 Å². The zero-order chi connectivity index (χ0) is 19.5. The van der Waals surface area contributed by atoms with E-state index in [1.165, 1.54) is 28.0 Å². The Labute approximate surface area is 170 Å². The Kier molecular flexibility index (Phi) is 5.27. The summed E-state index contributed by atoms with van der Waals surface area (Å²) in [6.45, 7) is 0.336. The van der Waals surface area contributed by atoms with Crippen molar-refractivity contribution in [3.8, 4) is 0 Å². The quantitative estimate of drug-likeness (QED) is 0.485. The van der Waals surface area contributed by atoms with Gasteiger partial charge in [-0.25, -0.2) is 0 Å². The molecule has 0 saturated heterocycles. The number of imide groups is 1. The normalized spacial score (nSPS) is 12.9. The molecular formula is C21H16N2O3S2. The number of anilines is 1. The van der Waals surface area contributed by atoms with Crippen LogP contribution in [0.3, 0.4) is 0 Å². The van der Waals surface area contributed by atoms with Crippen LogP contribution in [0.4, 0.5) is 5.69 Å². The molecule has 3 amide bonds. The van der Waals surface area contributed by atoms with Crippen molar-refractivity contribution in [1.82, 2.24) is 4.90 Å². The first-order chi connectivity index (χ1) is 13.6. The highest BCUT2D eigenvalue weighted by Gasteiger charge is 2.34. The molecule has 3 aromatic rings. The lowest BCUT2D eigenvalue weighted by Crippen LogP contribution is -2.31. The largest absolute Gasteiger partial charge is 0.321 e. The van der Waals surface area contributed by atoms with Crippen molar-refractivity contribution in [3.63, 3.8) is 0 Å². The number of carbonyl (C=O) groups is 3. The maximum absolute atomic E-state index is 12.4. The monoisotopic (exact) mass is 408 g/mol. The van der Waals surface area contributed by atoms with Crippen molar-refractivity contribution in [1.29, 1.82) is 0 Å². The highest BCUT2D eigenvalue weighted by molar-refractivity contribution is 7.99. The van der Waals surface area contributed by atoms with Crippen LogP contribution in [-0.4, -0.2) is 34.9 Å². The van der Waals surface area contributed by atoms with Crippen LogP contribution in [0, 0.1) is 0 Å². The molecule has 28 heavy (non-hydrogen) atoms. The van der Waals surface area contributed by atoms with Gasteiger partial charge in [-0.3, -0.25) is 19.3 Å². The number of fused-ring (bicyclic) bond motifs is 1. The molecule has 0 aliphatic carbocycles. The third-order valence-electron chi connectivity index (χ3n) is 4.30. The number of hydrogen-bond donors (Lipinski definition) is 1. The van der Waals surface area contributed by atoms with Crippen LogP contribution >= 0.6 is 23.1 Å². The summed E-state index contributed by atoms with van der Waals surface area (Å²) in [5.74, 6) is -0.0344. The molecule has 0 radical (unpaired) electrons. The number of hydrogen-bond acceptors (Lipinski definition) is 5. The molecule has 1 aromatic heterocycles. The number of rotatable bonds is 6. The Morgan fingerprint density at radius 3 is 2.39 bits per heavy atom. The molecule has 2 heterocycles. The third kappa shape index (κ3) is 3.72. The van der Waals surface area contributed by atoms with E-state index < -0.39 is 0 Å². The van der Waals surface area contributed by atoms with Crippen LogP contribution in [0.2, 0.25) is 0 Å². The second-order valence-corrected chi connectivity index (χ2v) is 8.23. The lowest BCUT2D eigenvalue weighted by Gasteiger charge is -2.13. The van der Waals surface area contributed by atoms with Crippen LogP contribution in [-0.2, 0) is 0 Å². The Morgan fingerprint density at radius 2 is 1.71 bits per heavy atom. The maximum Gasteiger partial charge on any atom is 0.265 e. The lowest BCUT2D eigenvalue weighted by molar-refractivity contribution is 0.0664. The minimum absolute atomic E-state index is 0.136. The van der Waals surface area contributed by atoms with Gasteiger partial charge in [0.15, 0.2) is 0 Å². The number of carbonyl (C=O) groups excluding carboxylic acids is 3. The van der Waals surface area contributed by atoms with Crippen LogP contribution in [0.15, 0.2) is 70.9 Å². The average Bonchev–Trinajstić information content (AvgIpc) is 3.32. The zero-order valence-electron chi connectivity index (χ0n) is 14.8. The lowest BCUT2D eigenvalue weighted by atomic mass is 10.1. The molecular weight excluding hydrogens is 392 g/mol. The van der Waals surface area contributed by atoms with Gasteiger partial charge in [0.05, 0.1) is 16.0 Å². The minimum Gasteiger partial charge on any atom is -0.321 e. The average molecular weight is 409 g/mol. The van der Waals surface area contributed by atoms with Crippen LogP contribution in [0.25, 0.3) is 0 Å². The van der Waals surface area contributed by atoms with Gasteiger partial charge in [0, 0.05) is 22.9 Å². The Bertz CT molecular complexity index is 1010. The summed E-state index contributed by atoms with van der Waals surface area (Å²) in [7, 11) is 0. The number of nitrogens with zero attached hydrogens (tertiary/aromatic N) is 1. The van der Waals surface area contributed by atoms with Gasteiger partial charge < -0.3 is 5.32 Å². The topological polar surface area (TPSA) is 66.5 Å². The van der Waals surface area contributed by atoms with E-state index in [-0.39, 0.29) is 17.7 Å². The predicted octanol–water partition coefficient (Wildman–Crippen LogP) is 4.39. The van der Waals surface area contributed by atoms with E-state index in [1.54, 1.807) is 30.3 Å². The van der Waals surface area contributed by atoms with Crippen molar-refractivity contribution in [2.24, 2.45) is 0 Å². The van der Waals surface area contributed by atoms with Crippen LogP contribution in [0.5, 0.6) is 0 Å². The number of nitrogens with one attached hydrogen (secondary N) is 1. The fourth-order valence-corrected chi connectivity index (χ4v) is 4.47. The molecule has 140 valence electrons. The van der Waals surface area contributed by atoms with E-state index in [0.717, 1.165) is 4.90 Å². The first-order valence-electron chi connectivity index (χ1n) is 8.66. The van der Waals surface area contributed by atoms with E-state index in [9.17, 15) is 14.4 Å². The molecule has 1 aliphatic heterocycles. The van der Waals surface area contributed by atoms with Gasteiger partial charge in [0.1, 0.15) is 0 Å². The molecule has 4 rings (SSSR count). The molecule has 0 bridgehead atoms. The Morgan fingerprint density at radius 1 is 0.964 bits per heavy atom. The number of amides is 3.